The molecule has 0 radical (unpaired) electrons. The van der Waals surface area contributed by atoms with Gasteiger partial charge in [-0.1, -0.05) is 0 Å². The Kier molecular flexibility index (Phi) is 1580. The van der Waals surface area contributed by atoms with Gasteiger partial charge < -0.3 is 10.6 Å². The van der Waals surface area contributed by atoms with Gasteiger partial charge in [0.2, 0.25) is 0 Å². The van der Waals surface area contributed by atoms with Crippen molar-refractivity contribution in [2.45, 2.75) is 0 Å². The van der Waals surface area contributed by atoms with Crippen LogP contribution in [0.5, 0.6) is 0 Å². The predicted octanol–water partition coefficient (Wildman–Crippen LogP) is -0.557. The molecule has 3 N–H and O–H groups in total. The highest BCUT2D eigenvalue weighted by molar-refractivity contribution is 7.79. The standard InChI is InChI=1S/CH4O.CH4S.H2O.H2S/c2*1-2;;/h2*2H,1H3;2*1H2. The molecule has 0 aromatic heterocycles. The van der Waals surface area contributed by atoms with Crippen LogP contribution in [-0.4, -0.2) is 23.9 Å². The lowest BCUT2D eigenvalue weighted by atomic mass is 11.8. The number of hydrogen-bond donors (Lipinski definition) is 2. The maximum atomic E-state index is 7.00. The third-order valence-electron chi connectivity index (χ3n) is 0. The van der Waals surface area contributed by atoms with Crippen LogP contribution in [0.2, 0.25) is 0 Å². The molecule has 0 aliphatic heterocycles. The summed E-state index contributed by atoms with van der Waals surface area (Å²) in [7, 11) is 1.00. The fourth-order valence-corrected chi connectivity index (χ4v) is 0. The first-order chi connectivity index (χ1) is 2.00. The maximum absolute atomic E-state index is 7.00. The summed E-state index contributed by atoms with van der Waals surface area (Å²) >= 11 is 3.53. The van der Waals surface area contributed by atoms with Crippen LogP contribution in [0.4, 0.5) is 0 Å². The molecular weight excluding hydrogens is 120 g/mol. The number of aliphatic hydroxyl groups is 1. The van der Waals surface area contributed by atoms with Gasteiger partial charge in [-0.3, -0.25) is 0 Å². The van der Waals surface area contributed by atoms with Crippen molar-refractivity contribution in [3.8, 4) is 0 Å². The fourth-order valence-electron chi connectivity index (χ4n) is 0. The summed E-state index contributed by atoms with van der Waals surface area (Å²) in [6.45, 7) is 0. The smallest absolute Gasteiger partial charge is 0.0319 e. The lowest BCUT2D eigenvalue weighted by Gasteiger charge is -1.21. The molecule has 4 heteroatoms. The Bertz CT molecular complexity index is 9.51. The van der Waals surface area contributed by atoms with E-state index in [0.29, 0.717) is 0 Å². The van der Waals surface area contributed by atoms with Crippen LogP contribution >= 0.6 is 26.1 Å². The highest BCUT2D eigenvalue weighted by atomic mass is 32.1. The zero-order valence-corrected chi connectivity index (χ0v) is 5.79. The molecule has 0 amide bonds. The quantitative estimate of drug-likeness (QED) is 0.427. The first-order valence-electron chi connectivity index (χ1n) is 0.894. The van der Waals surface area contributed by atoms with Crippen molar-refractivity contribution in [3.63, 3.8) is 0 Å². The summed E-state index contributed by atoms with van der Waals surface area (Å²) in [5.41, 5.74) is 0. The van der Waals surface area contributed by atoms with E-state index in [1.807, 2.05) is 0 Å². The molecule has 0 spiro atoms. The Morgan fingerprint density at radius 3 is 1.17 bits per heavy atom. The van der Waals surface area contributed by atoms with Gasteiger partial charge in [-0.05, 0) is 6.26 Å². The minimum absolute atomic E-state index is 0. The largest absolute Gasteiger partial charge is 0.412 e. The second-order valence-electron chi connectivity index (χ2n) is 0. The maximum Gasteiger partial charge on any atom is 0.0319 e. The molecule has 0 fully saturated rings. The summed E-state index contributed by atoms with van der Waals surface area (Å²) < 4.78 is 0. The summed E-state index contributed by atoms with van der Waals surface area (Å²) in [4.78, 5) is 0. The van der Waals surface area contributed by atoms with Crippen molar-refractivity contribution in [2.75, 3.05) is 13.4 Å². The lowest BCUT2D eigenvalue weighted by Crippen LogP contribution is -1.25. The van der Waals surface area contributed by atoms with Crippen LogP contribution in [0.3, 0.4) is 0 Å². The molecule has 0 aliphatic carbocycles. The lowest BCUT2D eigenvalue weighted by molar-refractivity contribution is 0.399. The molecule has 0 aromatic rings. The summed E-state index contributed by atoms with van der Waals surface area (Å²) in [5.74, 6) is 0. The number of thiol groups is 1. The first kappa shape index (κ1) is 30.5. The van der Waals surface area contributed by atoms with Crippen molar-refractivity contribution in [1.29, 1.82) is 0 Å². The fraction of sp³-hybridized carbons (Fsp3) is 1.00. The molecule has 0 unspecified atom stereocenters. The van der Waals surface area contributed by atoms with Gasteiger partial charge in [0.15, 0.2) is 0 Å². The van der Waals surface area contributed by atoms with E-state index in [9.17, 15) is 0 Å². The summed E-state index contributed by atoms with van der Waals surface area (Å²) in [6.07, 6.45) is 1.69. The van der Waals surface area contributed by atoms with Crippen LogP contribution in [0.1, 0.15) is 0 Å². The SMILES string of the molecule is CO.CS.O.S. The van der Waals surface area contributed by atoms with Crippen LogP contribution in [0.15, 0.2) is 0 Å². The second-order valence-corrected chi connectivity index (χ2v) is 0. The van der Waals surface area contributed by atoms with Gasteiger partial charge in [-0.15, -0.1) is 0 Å². The van der Waals surface area contributed by atoms with Gasteiger partial charge in [-0.2, -0.15) is 26.1 Å². The summed E-state index contributed by atoms with van der Waals surface area (Å²) in [6, 6.07) is 0. The van der Waals surface area contributed by atoms with Crippen molar-refractivity contribution < 1.29 is 10.6 Å². The Balaban J connectivity index is -0.00000000500. The molecule has 0 heterocycles. The van der Waals surface area contributed by atoms with Crippen LogP contribution in [0, 0.1) is 0 Å². The van der Waals surface area contributed by atoms with E-state index in [4.69, 9.17) is 5.11 Å². The number of aliphatic hydroxyl groups excluding tert-OH is 1. The van der Waals surface area contributed by atoms with Gasteiger partial charge in [0.1, 0.15) is 0 Å². The molecule has 0 aliphatic rings. The Labute approximate surface area is 50.7 Å². The predicted molar refractivity (Wildman–Crippen MR) is 37.0 cm³/mol. The van der Waals surface area contributed by atoms with E-state index in [1.165, 1.54) is 0 Å². The van der Waals surface area contributed by atoms with Gasteiger partial charge >= 0.3 is 0 Å². The second kappa shape index (κ2) is 312. The molecule has 44 valence electrons. The van der Waals surface area contributed by atoms with Crippen LogP contribution < -0.4 is 0 Å². The Morgan fingerprint density at radius 2 is 1.17 bits per heavy atom. The molecule has 0 saturated carbocycles. The van der Waals surface area contributed by atoms with E-state index < -0.39 is 0 Å². The number of hydrogen-bond acceptors (Lipinski definition) is 2. The van der Waals surface area contributed by atoms with E-state index >= 15 is 0 Å². The van der Waals surface area contributed by atoms with Gasteiger partial charge in [-0.25, -0.2) is 0 Å². The monoisotopic (exact) mass is 132 g/mol. The minimum atomic E-state index is 0. The van der Waals surface area contributed by atoms with E-state index in [0.717, 1.165) is 7.11 Å². The zero-order chi connectivity index (χ0) is 4.00. The van der Waals surface area contributed by atoms with Gasteiger partial charge in [0.25, 0.3) is 0 Å². The van der Waals surface area contributed by atoms with Crippen molar-refractivity contribution in [2.24, 2.45) is 0 Å². The Morgan fingerprint density at radius 1 is 1.17 bits per heavy atom. The first-order valence-corrected chi connectivity index (χ1v) is 1.79. The molecule has 0 aromatic carbocycles. The molecular formula is C2H12O2S2. The molecule has 0 rings (SSSR count). The zero-order valence-electron chi connectivity index (χ0n) is 3.89. The van der Waals surface area contributed by atoms with Crippen molar-refractivity contribution >= 4 is 26.1 Å². The molecule has 0 bridgehead atoms. The van der Waals surface area contributed by atoms with Crippen LogP contribution in [-0.2, 0) is 0 Å². The minimum Gasteiger partial charge on any atom is -0.412 e. The molecule has 0 atom stereocenters. The average molecular weight is 132 g/mol. The Hall–Kier alpha value is 0.620. The number of rotatable bonds is 0. The van der Waals surface area contributed by atoms with Crippen molar-refractivity contribution in [1.82, 2.24) is 0 Å². The third kappa shape index (κ3) is 157. The van der Waals surface area contributed by atoms with Gasteiger partial charge in [0, 0.05) is 7.11 Å². The van der Waals surface area contributed by atoms with E-state index in [-0.39, 0.29) is 19.0 Å². The molecule has 6 heavy (non-hydrogen) atoms. The average Bonchev–Trinajstić information content (AvgIpc) is 1.50. The molecule has 0 saturated heterocycles. The highest BCUT2D eigenvalue weighted by Crippen LogP contribution is 1.31. The molecule has 2 nitrogen and oxygen atoms in total. The highest BCUT2D eigenvalue weighted by Gasteiger charge is 0.901. The van der Waals surface area contributed by atoms with Crippen molar-refractivity contribution in [3.05, 3.63) is 0 Å². The summed E-state index contributed by atoms with van der Waals surface area (Å²) in [5, 5.41) is 7.00. The third-order valence-corrected chi connectivity index (χ3v) is 0. The normalized spacial score (nSPS) is 2.00. The van der Waals surface area contributed by atoms with Gasteiger partial charge in [0.05, 0.1) is 0 Å². The van der Waals surface area contributed by atoms with E-state index in [2.05, 4.69) is 12.6 Å². The topological polar surface area (TPSA) is 51.7 Å². The van der Waals surface area contributed by atoms with Crippen LogP contribution in [0.25, 0.3) is 0 Å². The van der Waals surface area contributed by atoms with E-state index in [1.54, 1.807) is 6.26 Å².